The molecule has 0 saturated carbocycles. The van der Waals surface area contributed by atoms with E-state index in [2.05, 4.69) is 71.7 Å². The Balaban J connectivity index is 0.000000189. The SMILES string of the molecule is CC(CO)Cn1c(=O)c2c(nc(N3CCCNCC3)n2Cc2ccccc2I)n(C)c1=O.Cn1c(=O)n(CC(O)CO)c(=O)c2c1nc(N1CCNCC1)n2Cc1ccccc1I. The zero-order valence-corrected chi connectivity index (χ0v) is 39.9. The van der Waals surface area contributed by atoms with Crippen molar-refractivity contribution in [3.8, 4) is 0 Å². The lowest BCUT2D eigenvalue weighted by atomic mass is 10.2. The van der Waals surface area contributed by atoms with Gasteiger partial charge in [-0.3, -0.25) is 37.0 Å². The summed E-state index contributed by atoms with van der Waals surface area (Å²) in [7, 11) is 3.22. The van der Waals surface area contributed by atoms with Gasteiger partial charge >= 0.3 is 11.4 Å². The number of nitrogens with one attached hydrogen (secondary N) is 2. The molecule has 6 heterocycles. The number of aliphatic hydroxyl groups excluding tert-OH is 3. The second kappa shape index (κ2) is 20.6. The molecule has 2 aliphatic heterocycles. The van der Waals surface area contributed by atoms with Gasteiger partial charge in [-0.1, -0.05) is 43.3 Å². The monoisotopic (exact) mass is 1090 g/mol. The maximum atomic E-state index is 13.6. The molecule has 21 heteroatoms. The number of fused-ring (bicyclic) bond motifs is 2. The first-order chi connectivity index (χ1) is 30.3. The molecule has 2 unspecified atom stereocenters. The van der Waals surface area contributed by atoms with Crippen LogP contribution in [0.4, 0.5) is 11.9 Å². The molecule has 0 radical (unpaired) electrons. The fourth-order valence-corrected chi connectivity index (χ4v) is 9.08. The zero-order chi connectivity index (χ0) is 44.9. The highest BCUT2D eigenvalue weighted by molar-refractivity contribution is 14.1. The van der Waals surface area contributed by atoms with E-state index in [1.807, 2.05) is 58.5 Å². The molecule has 4 aromatic heterocycles. The summed E-state index contributed by atoms with van der Waals surface area (Å²) < 4.78 is 11.0. The molecule has 338 valence electrons. The van der Waals surface area contributed by atoms with Crippen LogP contribution in [0.2, 0.25) is 0 Å². The van der Waals surface area contributed by atoms with Crippen LogP contribution in [0, 0.1) is 13.1 Å². The fourth-order valence-electron chi connectivity index (χ4n) is 7.97. The molecule has 19 nitrogen and oxygen atoms in total. The number of aliphatic hydroxyl groups is 3. The number of anilines is 2. The second-order valence-corrected chi connectivity index (χ2v) is 18.3. The molecule has 63 heavy (non-hydrogen) atoms. The van der Waals surface area contributed by atoms with Gasteiger partial charge in [-0.2, -0.15) is 9.97 Å². The first-order valence-corrected chi connectivity index (χ1v) is 23.2. The number of hydrogen-bond acceptors (Lipinski definition) is 13. The third kappa shape index (κ3) is 9.83. The van der Waals surface area contributed by atoms with Crippen molar-refractivity contribution in [2.24, 2.45) is 20.0 Å². The number of piperazine rings is 1. The van der Waals surface area contributed by atoms with E-state index in [-0.39, 0.29) is 31.2 Å². The minimum Gasteiger partial charge on any atom is -0.396 e. The predicted molar refractivity (Wildman–Crippen MR) is 259 cm³/mol. The molecule has 0 spiro atoms. The largest absolute Gasteiger partial charge is 0.396 e. The van der Waals surface area contributed by atoms with Crippen LogP contribution in [-0.4, -0.2) is 124 Å². The first-order valence-electron chi connectivity index (χ1n) is 21.0. The lowest BCUT2D eigenvalue weighted by molar-refractivity contribution is 0.0791. The van der Waals surface area contributed by atoms with Crippen LogP contribution in [-0.2, 0) is 40.3 Å². The van der Waals surface area contributed by atoms with Crippen LogP contribution in [0.5, 0.6) is 0 Å². The lowest BCUT2D eigenvalue weighted by Gasteiger charge is -2.28. The van der Waals surface area contributed by atoms with Crippen molar-refractivity contribution in [1.82, 2.24) is 48.0 Å². The highest BCUT2D eigenvalue weighted by atomic mass is 127. The van der Waals surface area contributed by atoms with E-state index in [0.29, 0.717) is 47.3 Å². The topological polar surface area (TPSA) is 215 Å². The van der Waals surface area contributed by atoms with E-state index >= 15 is 0 Å². The third-order valence-corrected chi connectivity index (χ3v) is 13.5. The number of aryl methyl sites for hydroxylation is 2. The Labute approximate surface area is 389 Å². The van der Waals surface area contributed by atoms with Crippen molar-refractivity contribution in [1.29, 1.82) is 0 Å². The standard InChI is InChI=1S/C22H29IN6O3.C20H25IN6O4/c1-15(14-30)12-29-20(31)18-19(26(2)22(29)32)25-21(27-10-5-8-24-9-11-27)28(18)13-16-6-3-4-7-17(16)23;1-24-17-16(18(30)27(20(24)31)11-14(29)12-28)26(10-13-4-2-3-5-15(13)21)19(23-17)25-8-6-22-7-9-25/h3-4,6-7,15,24,30H,5,8-14H2,1-2H3;2-5,14,22,28-29H,6-12H2,1H3. The zero-order valence-electron chi connectivity index (χ0n) is 35.6. The van der Waals surface area contributed by atoms with Crippen molar-refractivity contribution in [2.75, 3.05) is 75.4 Å². The summed E-state index contributed by atoms with van der Waals surface area (Å²) in [5.41, 5.74) is 1.69. The lowest BCUT2D eigenvalue weighted by Crippen LogP contribution is -2.45. The van der Waals surface area contributed by atoms with Gasteiger partial charge in [0.15, 0.2) is 22.3 Å². The molecular formula is C42H54I2N12O7. The van der Waals surface area contributed by atoms with Crippen LogP contribution in [0.1, 0.15) is 24.5 Å². The van der Waals surface area contributed by atoms with Gasteiger partial charge in [0.2, 0.25) is 11.9 Å². The molecule has 0 amide bonds. The van der Waals surface area contributed by atoms with Crippen LogP contribution in [0.25, 0.3) is 22.3 Å². The molecule has 2 fully saturated rings. The number of halogens is 2. The highest BCUT2D eigenvalue weighted by Crippen LogP contribution is 2.25. The molecule has 8 rings (SSSR count). The van der Waals surface area contributed by atoms with E-state index in [1.165, 1.54) is 13.7 Å². The maximum absolute atomic E-state index is 13.6. The van der Waals surface area contributed by atoms with E-state index in [0.717, 1.165) is 81.6 Å². The van der Waals surface area contributed by atoms with Crippen molar-refractivity contribution in [2.45, 2.75) is 45.6 Å². The van der Waals surface area contributed by atoms with E-state index in [4.69, 9.17) is 9.97 Å². The summed E-state index contributed by atoms with van der Waals surface area (Å²) in [6, 6.07) is 16.0. The number of benzene rings is 2. The van der Waals surface area contributed by atoms with Gasteiger partial charge in [-0.05, 0) is 87.3 Å². The summed E-state index contributed by atoms with van der Waals surface area (Å²) in [5, 5.41) is 35.3. The van der Waals surface area contributed by atoms with Crippen LogP contribution < -0.4 is 42.9 Å². The Bertz CT molecular complexity index is 2810. The Morgan fingerprint density at radius 2 is 1.08 bits per heavy atom. The molecule has 2 atom stereocenters. The minimum atomic E-state index is -1.21. The molecule has 6 aromatic rings. The summed E-state index contributed by atoms with van der Waals surface area (Å²) in [5.74, 6) is 1.15. The molecule has 5 N–H and O–H groups in total. The van der Waals surface area contributed by atoms with Gasteiger partial charge in [0.05, 0.1) is 32.3 Å². The number of hydrogen-bond donors (Lipinski definition) is 5. The summed E-state index contributed by atoms with van der Waals surface area (Å²) in [6.45, 7) is 8.42. The Morgan fingerprint density at radius 1 is 0.635 bits per heavy atom. The minimum absolute atomic E-state index is 0.0961. The van der Waals surface area contributed by atoms with Crippen LogP contribution in [0.15, 0.2) is 67.7 Å². The highest BCUT2D eigenvalue weighted by Gasteiger charge is 2.27. The molecule has 2 aliphatic rings. The van der Waals surface area contributed by atoms with E-state index in [1.54, 1.807) is 14.1 Å². The fraction of sp³-hybridized carbons (Fsp3) is 0.476. The van der Waals surface area contributed by atoms with Gasteiger partial charge in [0.25, 0.3) is 11.1 Å². The first kappa shape index (κ1) is 46.6. The van der Waals surface area contributed by atoms with E-state index in [9.17, 15) is 34.5 Å². The van der Waals surface area contributed by atoms with Gasteiger partial charge in [-0.25, -0.2) is 9.59 Å². The molecular weight excluding hydrogens is 1040 g/mol. The van der Waals surface area contributed by atoms with Crippen LogP contribution in [0.3, 0.4) is 0 Å². The molecule has 0 bridgehead atoms. The summed E-state index contributed by atoms with van der Waals surface area (Å²) in [4.78, 5) is 66.7. The van der Waals surface area contributed by atoms with Crippen molar-refractivity contribution in [3.63, 3.8) is 0 Å². The summed E-state index contributed by atoms with van der Waals surface area (Å²) in [6.07, 6.45) is -0.231. The Kier molecular flexibility index (Phi) is 15.2. The van der Waals surface area contributed by atoms with E-state index < -0.39 is 29.6 Å². The van der Waals surface area contributed by atoms with Gasteiger partial charge in [-0.15, -0.1) is 0 Å². The molecule has 2 aromatic carbocycles. The Hall–Kier alpha value is -4.40. The van der Waals surface area contributed by atoms with Crippen LogP contribution >= 0.6 is 45.2 Å². The third-order valence-electron chi connectivity index (χ3n) is 11.4. The Morgan fingerprint density at radius 3 is 1.54 bits per heavy atom. The molecule has 0 aliphatic carbocycles. The van der Waals surface area contributed by atoms with Gasteiger partial charge in [0.1, 0.15) is 0 Å². The number of nitrogens with zero attached hydrogens (tertiary/aromatic N) is 10. The quantitative estimate of drug-likeness (QED) is 0.105. The predicted octanol–water partition coefficient (Wildman–Crippen LogP) is 0.290. The van der Waals surface area contributed by atoms with Crippen molar-refractivity contribution in [3.05, 3.63) is 108 Å². The summed E-state index contributed by atoms with van der Waals surface area (Å²) >= 11 is 4.57. The molecule has 2 saturated heterocycles. The average molecular weight is 1090 g/mol. The smallest absolute Gasteiger partial charge is 0.332 e. The van der Waals surface area contributed by atoms with Gasteiger partial charge < -0.3 is 35.8 Å². The number of rotatable bonds is 12. The number of imidazole rings is 2. The maximum Gasteiger partial charge on any atom is 0.332 e. The second-order valence-electron chi connectivity index (χ2n) is 16.0. The van der Waals surface area contributed by atoms with Gasteiger partial charge in [0, 0.05) is 80.2 Å². The normalized spacial score (nSPS) is 15.7. The number of aromatic nitrogens is 8. The average Bonchev–Trinajstić information content (AvgIpc) is 3.74. The van der Waals surface area contributed by atoms with Crippen molar-refractivity contribution >= 4 is 79.4 Å². The van der Waals surface area contributed by atoms with Crippen molar-refractivity contribution < 1.29 is 15.3 Å².